The number of ketones is 1. The van der Waals surface area contributed by atoms with Gasteiger partial charge in [-0.1, -0.05) is 30.0 Å². The summed E-state index contributed by atoms with van der Waals surface area (Å²) in [5.41, 5.74) is 1.71. The molecule has 1 aromatic carbocycles. The molecule has 0 fully saturated rings. The van der Waals surface area contributed by atoms with E-state index in [2.05, 4.69) is 15.2 Å². The summed E-state index contributed by atoms with van der Waals surface area (Å²) in [6, 6.07) is 7.80. The quantitative estimate of drug-likeness (QED) is 0.591. The highest BCUT2D eigenvalue weighted by molar-refractivity contribution is 7.99. The molecule has 1 N–H and O–H groups in total. The van der Waals surface area contributed by atoms with Crippen molar-refractivity contribution in [3.05, 3.63) is 41.9 Å². The molecule has 0 bridgehead atoms. The number of aromatic amines is 1. The third kappa shape index (κ3) is 2.22. The first-order valence-electron chi connectivity index (χ1n) is 6.25. The van der Waals surface area contributed by atoms with Gasteiger partial charge in [-0.2, -0.15) is 0 Å². The van der Waals surface area contributed by atoms with E-state index in [1.54, 1.807) is 6.20 Å². The molecule has 0 aliphatic rings. The van der Waals surface area contributed by atoms with Crippen LogP contribution in [0.15, 0.2) is 35.6 Å². The summed E-state index contributed by atoms with van der Waals surface area (Å²) in [6.07, 6.45) is 1.77. The van der Waals surface area contributed by atoms with Crippen molar-refractivity contribution in [1.29, 1.82) is 0 Å². The van der Waals surface area contributed by atoms with Gasteiger partial charge in [0.05, 0.1) is 5.75 Å². The molecule has 20 heavy (non-hydrogen) atoms. The number of carbonyl (C=O) groups excluding carboxylic acids is 1. The lowest BCUT2D eigenvalue weighted by atomic mass is 10.1. The maximum atomic E-state index is 12.3. The molecule has 102 valence electrons. The van der Waals surface area contributed by atoms with Gasteiger partial charge in [0.2, 0.25) is 0 Å². The second-order valence-electron chi connectivity index (χ2n) is 4.55. The van der Waals surface area contributed by atoms with Crippen LogP contribution in [-0.4, -0.2) is 31.3 Å². The number of aromatic nitrogens is 4. The van der Waals surface area contributed by atoms with Crippen molar-refractivity contribution in [3.63, 3.8) is 0 Å². The summed E-state index contributed by atoms with van der Waals surface area (Å²) in [4.78, 5) is 15.4. The molecule has 0 spiro atoms. The first-order valence-corrected chi connectivity index (χ1v) is 7.23. The number of para-hydroxylation sites is 1. The van der Waals surface area contributed by atoms with E-state index in [1.807, 2.05) is 42.8 Å². The molecule has 0 amide bonds. The fourth-order valence-electron chi connectivity index (χ4n) is 2.02. The van der Waals surface area contributed by atoms with E-state index in [0.29, 0.717) is 5.75 Å². The predicted molar refractivity (Wildman–Crippen MR) is 79.1 cm³/mol. The number of nitrogens with zero attached hydrogens (tertiary/aromatic N) is 3. The van der Waals surface area contributed by atoms with Gasteiger partial charge in [-0.15, -0.1) is 10.2 Å². The second kappa shape index (κ2) is 5.13. The molecular formula is C14H14N4OS. The zero-order chi connectivity index (χ0) is 14.1. The molecule has 0 unspecified atom stereocenters. The number of hydrogen-bond donors (Lipinski definition) is 1. The van der Waals surface area contributed by atoms with Crippen molar-refractivity contribution < 1.29 is 4.79 Å². The molecule has 2 aromatic heterocycles. The van der Waals surface area contributed by atoms with E-state index in [1.165, 1.54) is 11.8 Å². The van der Waals surface area contributed by atoms with Crippen LogP contribution in [0.1, 0.15) is 16.2 Å². The highest BCUT2D eigenvalue weighted by atomic mass is 32.2. The summed E-state index contributed by atoms with van der Waals surface area (Å²) in [6.45, 7) is 1.89. The smallest absolute Gasteiger partial charge is 0.191 e. The molecule has 0 saturated carbocycles. The Kier molecular flexibility index (Phi) is 3.31. The summed E-state index contributed by atoms with van der Waals surface area (Å²) < 4.78 is 1.88. The Morgan fingerprint density at radius 3 is 2.90 bits per heavy atom. The van der Waals surface area contributed by atoms with Crippen molar-refractivity contribution in [3.8, 4) is 0 Å². The van der Waals surface area contributed by atoms with Crippen LogP contribution >= 0.6 is 11.8 Å². The highest BCUT2D eigenvalue weighted by Gasteiger charge is 2.14. The third-order valence-corrected chi connectivity index (χ3v) is 4.29. The molecular weight excluding hydrogens is 272 g/mol. The van der Waals surface area contributed by atoms with Crippen molar-refractivity contribution in [2.45, 2.75) is 12.1 Å². The van der Waals surface area contributed by atoms with E-state index >= 15 is 0 Å². The van der Waals surface area contributed by atoms with Crippen LogP contribution in [0.25, 0.3) is 10.9 Å². The van der Waals surface area contributed by atoms with Gasteiger partial charge in [-0.05, 0) is 13.0 Å². The number of Topliss-reactive ketones (excluding diaryl/α,β-unsaturated/α-hetero) is 1. The van der Waals surface area contributed by atoms with Gasteiger partial charge < -0.3 is 9.55 Å². The SMILES string of the molecule is Cc1nnc(SCC(=O)c2c[nH]c3ccccc23)n1C. The average Bonchev–Trinajstić information content (AvgIpc) is 3.02. The van der Waals surface area contributed by atoms with E-state index in [4.69, 9.17) is 0 Å². The molecule has 3 rings (SSSR count). The molecule has 0 atom stereocenters. The Morgan fingerprint density at radius 1 is 1.35 bits per heavy atom. The normalized spacial score (nSPS) is 11.1. The first kappa shape index (κ1) is 12.9. The Morgan fingerprint density at radius 2 is 2.15 bits per heavy atom. The fraction of sp³-hybridized carbons (Fsp3) is 0.214. The largest absolute Gasteiger partial charge is 0.360 e. The number of rotatable bonds is 4. The standard InChI is InChI=1S/C14H14N4OS/c1-9-16-17-14(18(9)2)20-8-13(19)11-7-15-12-6-4-3-5-10(11)12/h3-7,15H,8H2,1-2H3. The number of aryl methyl sites for hydroxylation is 1. The summed E-state index contributed by atoms with van der Waals surface area (Å²) >= 11 is 1.41. The van der Waals surface area contributed by atoms with Gasteiger partial charge in [0.15, 0.2) is 10.9 Å². The minimum absolute atomic E-state index is 0.0908. The van der Waals surface area contributed by atoms with Crippen LogP contribution in [0, 0.1) is 6.92 Å². The second-order valence-corrected chi connectivity index (χ2v) is 5.49. The number of nitrogens with one attached hydrogen (secondary N) is 1. The molecule has 0 aliphatic heterocycles. The Bertz CT molecular complexity index is 774. The van der Waals surface area contributed by atoms with Gasteiger partial charge in [-0.3, -0.25) is 4.79 Å². The van der Waals surface area contributed by atoms with Crippen LogP contribution < -0.4 is 0 Å². The van der Waals surface area contributed by atoms with E-state index in [0.717, 1.165) is 27.4 Å². The summed E-state index contributed by atoms with van der Waals surface area (Å²) in [7, 11) is 1.90. The van der Waals surface area contributed by atoms with Crippen molar-refractivity contribution in [2.75, 3.05) is 5.75 Å². The van der Waals surface area contributed by atoms with Crippen LogP contribution in [0.5, 0.6) is 0 Å². The number of carbonyl (C=O) groups is 1. The number of hydrogen-bond acceptors (Lipinski definition) is 4. The zero-order valence-electron chi connectivity index (χ0n) is 11.3. The van der Waals surface area contributed by atoms with E-state index in [-0.39, 0.29) is 5.78 Å². The minimum atomic E-state index is 0.0908. The maximum Gasteiger partial charge on any atom is 0.191 e. The lowest BCUT2D eigenvalue weighted by Gasteiger charge is -2.01. The van der Waals surface area contributed by atoms with Crippen LogP contribution in [0.3, 0.4) is 0 Å². The first-order chi connectivity index (χ1) is 9.66. The molecule has 6 heteroatoms. The topological polar surface area (TPSA) is 63.6 Å². The van der Waals surface area contributed by atoms with E-state index in [9.17, 15) is 4.79 Å². The summed E-state index contributed by atoms with van der Waals surface area (Å²) in [5, 5.41) is 9.75. The van der Waals surface area contributed by atoms with Crippen molar-refractivity contribution in [2.24, 2.45) is 7.05 Å². The van der Waals surface area contributed by atoms with Crippen molar-refractivity contribution >= 4 is 28.4 Å². The average molecular weight is 286 g/mol. The van der Waals surface area contributed by atoms with Crippen molar-refractivity contribution in [1.82, 2.24) is 19.7 Å². The number of fused-ring (bicyclic) bond motifs is 1. The molecule has 5 nitrogen and oxygen atoms in total. The van der Waals surface area contributed by atoms with Gasteiger partial charge in [0.25, 0.3) is 0 Å². The maximum absolute atomic E-state index is 12.3. The van der Waals surface area contributed by atoms with E-state index < -0.39 is 0 Å². The Balaban J connectivity index is 1.78. The lowest BCUT2D eigenvalue weighted by Crippen LogP contribution is -2.03. The molecule has 0 aliphatic carbocycles. The minimum Gasteiger partial charge on any atom is -0.360 e. The number of H-pyrrole nitrogens is 1. The van der Waals surface area contributed by atoms with Crippen LogP contribution in [-0.2, 0) is 7.05 Å². The molecule has 0 saturated heterocycles. The molecule has 2 heterocycles. The third-order valence-electron chi connectivity index (χ3n) is 3.27. The zero-order valence-corrected chi connectivity index (χ0v) is 12.1. The summed E-state index contributed by atoms with van der Waals surface area (Å²) in [5.74, 6) is 1.29. The van der Waals surface area contributed by atoms with Gasteiger partial charge in [0.1, 0.15) is 5.82 Å². The monoisotopic (exact) mass is 286 g/mol. The van der Waals surface area contributed by atoms with Gasteiger partial charge in [0, 0.05) is 29.7 Å². The molecule has 3 aromatic rings. The van der Waals surface area contributed by atoms with Crippen LogP contribution in [0.2, 0.25) is 0 Å². The Labute approximate surface area is 120 Å². The number of thioether (sulfide) groups is 1. The number of benzene rings is 1. The molecule has 0 radical (unpaired) electrons. The lowest BCUT2D eigenvalue weighted by molar-refractivity contribution is 0.102. The predicted octanol–water partition coefficient (Wildman–Crippen LogP) is 2.58. The Hall–Kier alpha value is -2.08. The fourth-order valence-corrected chi connectivity index (χ4v) is 2.86. The van der Waals surface area contributed by atoms with Gasteiger partial charge in [-0.25, -0.2) is 0 Å². The van der Waals surface area contributed by atoms with Crippen LogP contribution in [0.4, 0.5) is 0 Å². The van der Waals surface area contributed by atoms with Gasteiger partial charge >= 0.3 is 0 Å². The highest BCUT2D eigenvalue weighted by Crippen LogP contribution is 2.22.